The van der Waals surface area contributed by atoms with E-state index in [0.717, 1.165) is 0 Å². The average molecular weight is 219 g/mol. The third kappa shape index (κ3) is 3.55. The van der Waals surface area contributed by atoms with Gasteiger partial charge in [-0.3, -0.25) is 0 Å². The molecule has 0 aliphatic carbocycles. The molecule has 1 nitrogen and oxygen atoms in total. The molecule has 0 fully saturated rings. The maximum Gasteiger partial charge on any atom is 0.0342 e. The molecule has 16 heavy (non-hydrogen) atoms. The molecular formula is C15H25N. The van der Waals surface area contributed by atoms with Gasteiger partial charge >= 0.3 is 0 Å². The van der Waals surface area contributed by atoms with Crippen LogP contribution in [0.2, 0.25) is 0 Å². The molecule has 1 aromatic rings. The van der Waals surface area contributed by atoms with Crippen molar-refractivity contribution in [2.45, 2.75) is 53.0 Å². The average Bonchev–Trinajstić information content (AvgIpc) is 2.17. The molecule has 0 saturated carbocycles. The summed E-state index contributed by atoms with van der Waals surface area (Å²) < 4.78 is 0. The van der Waals surface area contributed by atoms with E-state index in [9.17, 15) is 0 Å². The summed E-state index contributed by atoms with van der Waals surface area (Å²) in [5, 5.41) is 3.52. The first-order chi connectivity index (χ1) is 7.30. The first-order valence-corrected chi connectivity index (χ1v) is 6.18. The quantitative estimate of drug-likeness (QED) is 0.792. The number of anilines is 1. The standard InChI is InChI=1S/C15H25N/c1-11(2)12(3)16-14-9-7-13(8-10-14)15(4,5)6/h7-12,16H,1-6H3. The van der Waals surface area contributed by atoms with Gasteiger partial charge in [-0.05, 0) is 36.0 Å². The van der Waals surface area contributed by atoms with E-state index in [2.05, 4.69) is 71.1 Å². The summed E-state index contributed by atoms with van der Waals surface area (Å²) in [7, 11) is 0. The van der Waals surface area contributed by atoms with Gasteiger partial charge in [0.2, 0.25) is 0 Å². The Bertz CT molecular complexity index is 316. The molecule has 0 spiro atoms. The minimum Gasteiger partial charge on any atom is -0.382 e. The SMILES string of the molecule is CC(C)C(C)Nc1ccc(C(C)(C)C)cc1. The van der Waals surface area contributed by atoms with Crippen LogP contribution in [0.25, 0.3) is 0 Å². The van der Waals surface area contributed by atoms with Crippen LogP contribution < -0.4 is 5.32 Å². The summed E-state index contributed by atoms with van der Waals surface area (Å²) in [4.78, 5) is 0. The van der Waals surface area contributed by atoms with E-state index in [1.807, 2.05) is 0 Å². The van der Waals surface area contributed by atoms with Crippen LogP contribution >= 0.6 is 0 Å². The van der Waals surface area contributed by atoms with E-state index in [1.165, 1.54) is 11.3 Å². The molecule has 0 bridgehead atoms. The second kappa shape index (κ2) is 4.90. The molecule has 0 amide bonds. The highest BCUT2D eigenvalue weighted by Gasteiger charge is 2.13. The van der Waals surface area contributed by atoms with Gasteiger partial charge in [0.15, 0.2) is 0 Å². The van der Waals surface area contributed by atoms with Gasteiger partial charge in [-0.1, -0.05) is 46.8 Å². The Morgan fingerprint density at radius 2 is 1.44 bits per heavy atom. The number of hydrogen-bond donors (Lipinski definition) is 1. The predicted octanol–water partition coefficient (Wildman–Crippen LogP) is 4.44. The summed E-state index contributed by atoms with van der Waals surface area (Å²) in [5.74, 6) is 0.655. The van der Waals surface area contributed by atoms with Gasteiger partial charge in [0.25, 0.3) is 0 Å². The molecule has 0 heterocycles. The molecule has 0 saturated heterocycles. The van der Waals surface area contributed by atoms with Gasteiger partial charge in [-0.15, -0.1) is 0 Å². The Morgan fingerprint density at radius 1 is 0.938 bits per heavy atom. The second-order valence-electron chi connectivity index (χ2n) is 6.00. The van der Waals surface area contributed by atoms with Gasteiger partial charge in [-0.25, -0.2) is 0 Å². The van der Waals surface area contributed by atoms with Crippen molar-refractivity contribution in [3.8, 4) is 0 Å². The van der Waals surface area contributed by atoms with Gasteiger partial charge in [-0.2, -0.15) is 0 Å². The molecule has 1 rings (SSSR count). The molecule has 0 radical (unpaired) electrons. The van der Waals surface area contributed by atoms with Crippen molar-refractivity contribution in [2.75, 3.05) is 5.32 Å². The van der Waals surface area contributed by atoms with Crippen molar-refractivity contribution in [2.24, 2.45) is 5.92 Å². The highest BCUT2D eigenvalue weighted by atomic mass is 14.9. The fourth-order valence-electron chi connectivity index (χ4n) is 1.50. The van der Waals surface area contributed by atoms with Crippen LogP contribution in [0, 0.1) is 5.92 Å². The van der Waals surface area contributed by atoms with Crippen LogP contribution in [0.4, 0.5) is 5.69 Å². The fraction of sp³-hybridized carbons (Fsp3) is 0.600. The monoisotopic (exact) mass is 219 g/mol. The Kier molecular flexibility index (Phi) is 4.01. The van der Waals surface area contributed by atoms with Crippen LogP contribution in [-0.4, -0.2) is 6.04 Å². The normalized spacial score (nSPS) is 13.9. The summed E-state index contributed by atoms with van der Waals surface area (Å²) >= 11 is 0. The lowest BCUT2D eigenvalue weighted by molar-refractivity contribution is 0.559. The maximum atomic E-state index is 3.52. The van der Waals surface area contributed by atoms with Gasteiger partial charge in [0.1, 0.15) is 0 Å². The number of hydrogen-bond acceptors (Lipinski definition) is 1. The van der Waals surface area contributed by atoms with Crippen molar-refractivity contribution in [1.82, 2.24) is 0 Å². The molecule has 0 aliphatic heterocycles. The van der Waals surface area contributed by atoms with E-state index in [1.54, 1.807) is 0 Å². The first kappa shape index (κ1) is 13.1. The zero-order chi connectivity index (χ0) is 12.3. The molecule has 0 aliphatic rings. The van der Waals surface area contributed by atoms with E-state index >= 15 is 0 Å². The van der Waals surface area contributed by atoms with Crippen LogP contribution in [0.3, 0.4) is 0 Å². The van der Waals surface area contributed by atoms with Crippen LogP contribution in [0.5, 0.6) is 0 Å². The number of benzene rings is 1. The fourth-order valence-corrected chi connectivity index (χ4v) is 1.50. The van der Waals surface area contributed by atoms with Gasteiger partial charge < -0.3 is 5.32 Å². The van der Waals surface area contributed by atoms with Gasteiger partial charge in [0, 0.05) is 11.7 Å². The molecule has 0 aromatic heterocycles. The summed E-state index contributed by atoms with van der Waals surface area (Å²) in [6, 6.07) is 9.31. The minimum absolute atomic E-state index is 0.238. The largest absolute Gasteiger partial charge is 0.382 e. The molecule has 1 aromatic carbocycles. The summed E-state index contributed by atoms with van der Waals surface area (Å²) in [6.45, 7) is 13.4. The van der Waals surface area contributed by atoms with E-state index in [4.69, 9.17) is 0 Å². The van der Waals surface area contributed by atoms with Crippen LogP contribution in [0.15, 0.2) is 24.3 Å². The van der Waals surface area contributed by atoms with Crippen molar-refractivity contribution in [1.29, 1.82) is 0 Å². The Morgan fingerprint density at radius 3 is 1.81 bits per heavy atom. The molecule has 1 atom stereocenters. The van der Waals surface area contributed by atoms with Crippen molar-refractivity contribution < 1.29 is 0 Å². The minimum atomic E-state index is 0.238. The lowest BCUT2D eigenvalue weighted by Gasteiger charge is -2.21. The van der Waals surface area contributed by atoms with Crippen molar-refractivity contribution in [3.63, 3.8) is 0 Å². The molecule has 1 unspecified atom stereocenters. The summed E-state index contributed by atoms with van der Waals surface area (Å²) in [5.41, 5.74) is 2.84. The van der Waals surface area contributed by atoms with E-state index < -0.39 is 0 Å². The van der Waals surface area contributed by atoms with Crippen LogP contribution in [-0.2, 0) is 5.41 Å². The molecule has 90 valence electrons. The van der Waals surface area contributed by atoms with Crippen LogP contribution in [0.1, 0.15) is 47.1 Å². The molecule has 1 N–H and O–H groups in total. The van der Waals surface area contributed by atoms with Crippen molar-refractivity contribution >= 4 is 5.69 Å². The maximum absolute atomic E-state index is 3.52. The highest BCUT2D eigenvalue weighted by Crippen LogP contribution is 2.24. The number of nitrogens with one attached hydrogen (secondary N) is 1. The smallest absolute Gasteiger partial charge is 0.0342 e. The summed E-state index contributed by atoms with van der Waals surface area (Å²) in [6.07, 6.45) is 0. The zero-order valence-corrected chi connectivity index (χ0v) is 11.5. The third-order valence-corrected chi connectivity index (χ3v) is 3.15. The lowest BCUT2D eigenvalue weighted by Crippen LogP contribution is -2.21. The van der Waals surface area contributed by atoms with E-state index in [-0.39, 0.29) is 5.41 Å². The Labute approximate surface area is 100 Å². The topological polar surface area (TPSA) is 12.0 Å². The Balaban J connectivity index is 2.72. The first-order valence-electron chi connectivity index (χ1n) is 6.18. The highest BCUT2D eigenvalue weighted by molar-refractivity contribution is 5.46. The second-order valence-corrected chi connectivity index (χ2v) is 6.00. The predicted molar refractivity (Wildman–Crippen MR) is 73.1 cm³/mol. The number of rotatable bonds is 3. The molecular weight excluding hydrogens is 194 g/mol. The third-order valence-electron chi connectivity index (χ3n) is 3.15. The zero-order valence-electron chi connectivity index (χ0n) is 11.5. The Hall–Kier alpha value is -0.980. The van der Waals surface area contributed by atoms with E-state index in [0.29, 0.717) is 12.0 Å². The van der Waals surface area contributed by atoms with Gasteiger partial charge in [0.05, 0.1) is 0 Å². The molecule has 1 heteroatoms. The lowest BCUT2D eigenvalue weighted by atomic mass is 9.87. The van der Waals surface area contributed by atoms with Crippen molar-refractivity contribution in [3.05, 3.63) is 29.8 Å².